The molecule has 0 aliphatic carbocycles. The monoisotopic (exact) mass is 301 g/mol. The molecule has 1 fully saturated rings. The second kappa shape index (κ2) is 5.55. The number of halogens is 4. The van der Waals surface area contributed by atoms with Crippen LogP contribution in [0.25, 0.3) is 0 Å². The van der Waals surface area contributed by atoms with Gasteiger partial charge in [0.2, 0.25) is 0 Å². The van der Waals surface area contributed by atoms with Crippen LogP contribution in [0.3, 0.4) is 0 Å². The summed E-state index contributed by atoms with van der Waals surface area (Å²) in [4.78, 5) is 23.5. The molecule has 0 aromatic carbocycles. The number of ether oxygens (including phenoxy) is 2. The minimum Gasteiger partial charge on any atom is -0.467 e. The summed E-state index contributed by atoms with van der Waals surface area (Å²) >= 11 is 0. The molecule has 116 valence electrons. The maximum absolute atomic E-state index is 13.1. The van der Waals surface area contributed by atoms with Crippen molar-refractivity contribution in [2.75, 3.05) is 20.2 Å². The number of amides is 1. The van der Waals surface area contributed by atoms with E-state index in [2.05, 4.69) is 4.74 Å². The predicted octanol–water partition coefficient (Wildman–Crippen LogP) is 1.07. The fraction of sp³-hybridized carbons (Fsp3) is 0.818. The molecule has 2 unspecified atom stereocenters. The van der Waals surface area contributed by atoms with Crippen LogP contribution < -0.4 is 0 Å². The van der Waals surface area contributed by atoms with Gasteiger partial charge in [0.25, 0.3) is 12.1 Å². The highest BCUT2D eigenvalue weighted by Gasteiger charge is 2.50. The quantitative estimate of drug-likeness (QED) is 0.565. The smallest absolute Gasteiger partial charge is 0.428 e. The minimum absolute atomic E-state index is 0.254. The zero-order valence-corrected chi connectivity index (χ0v) is 11.2. The summed E-state index contributed by atoms with van der Waals surface area (Å²) in [5.74, 6) is -2.57. The Morgan fingerprint density at radius 3 is 2.40 bits per heavy atom. The van der Waals surface area contributed by atoms with E-state index in [4.69, 9.17) is 4.74 Å². The molecule has 1 rings (SSSR count). The number of rotatable bonds is 2. The standard InChI is InChI=1S/C11H15F4NO4/c1-10(2)5-16(4-6(20-10)9(18)19-3)8(17)7(12)11(13,14)15/h6-7H,4-5H2,1-3H3. The summed E-state index contributed by atoms with van der Waals surface area (Å²) < 4.78 is 59.5. The molecule has 1 saturated heterocycles. The zero-order chi connectivity index (χ0) is 15.7. The third-order valence-electron chi connectivity index (χ3n) is 2.70. The van der Waals surface area contributed by atoms with E-state index in [0.29, 0.717) is 4.90 Å². The summed E-state index contributed by atoms with van der Waals surface area (Å²) in [5.41, 5.74) is -1.09. The van der Waals surface area contributed by atoms with Gasteiger partial charge in [0.1, 0.15) is 0 Å². The van der Waals surface area contributed by atoms with Crippen molar-refractivity contribution < 1.29 is 36.6 Å². The Labute approximate surface area is 112 Å². The van der Waals surface area contributed by atoms with Crippen molar-refractivity contribution in [3.8, 4) is 0 Å². The van der Waals surface area contributed by atoms with E-state index in [1.165, 1.54) is 13.8 Å². The molecule has 9 heteroatoms. The lowest BCUT2D eigenvalue weighted by atomic mass is 10.0. The second-order valence-electron chi connectivity index (χ2n) is 5.01. The van der Waals surface area contributed by atoms with Crippen LogP contribution in [-0.2, 0) is 19.1 Å². The molecule has 5 nitrogen and oxygen atoms in total. The van der Waals surface area contributed by atoms with Crippen LogP contribution in [0.4, 0.5) is 17.6 Å². The maximum atomic E-state index is 13.1. The highest BCUT2D eigenvalue weighted by Crippen LogP contribution is 2.28. The summed E-state index contributed by atoms with van der Waals surface area (Å²) in [7, 11) is 1.08. The van der Waals surface area contributed by atoms with E-state index in [1.54, 1.807) is 0 Å². The average Bonchev–Trinajstić information content (AvgIpc) is 2.32. The topological polar surface area (TPSA) is 55.8 Å². The molecule has 1 amide bonds. The van der Waals surface area contributed by atoms with Crippen molar-refractivity contribution in [2.45, 2.75) is 37.9 Å². The molecule has 20 heavy (non-hydrogen) atoms. The molecule has 0 radical (unpaired) electrons. The Morgan fingerprint density at radius 1 is 1.40 bits per heavy atom. The molecule has 0 aromatic rings. The summed E-state index contributed by atoms with van der Waals surface area (Å²) in [6.45, 7) is 2.22. The first-order valence-electron chi connectivity index (χ1n) is 5.73. The highest BCUT2D eigenvalue weighted by molar-refractivity contribution is 5.83. The average molecular weight is 301 g/mol. The molecule has 0 N–H and O–H groups in total. The Bertz CT molecular complexity index is 396. The van der Waals surface area contributed by atoms with E-state index in [1.807, 2.05) is 0 Å². The minimum atomic E-state index is -5.28. The van der Waals surface area contributed by atoms with Crippen molar-refractivity contribution in [2.24, 2.45) is 0 Å². The van der Waals surface area contributed by atoms with Gasteiger partial charge in [-0.05, 0) is 13.8 Å². The lowest BCUT2D eigenvalue weighted by Crippen LogP contribution is -2.59. The molecule has 0 spiro atoms. The van der Waals surface area contributed by atoms with Gasteiger partial charge in [-0.2, -0.15) is 13.2 Å². The Morgan fingerprint density at radius 2 is 1.95 bits per heavy atom. The van der Waals surface area contributed by atoms with E-state index >= 15 is 0 Å². The van der Waals surface area contributed by atoms with Crippen LogP contribution in [-0.4, -0.2) is 61.0 Å². The second-order valence-corrected chi connectivity index (χ2v) is 5.01. The molecular weight excluding hydrogens is 286 g/mol. The number of carbonyl (C=O) groups is 2. The SMILES string of the molecule is COC(=O)C1CN(C(=O)C(F)C(F)(F)F)CC(C)(C)O1. The van der Waals surface area contributed by atoms with E-state index in [9.17, 15) is 27.2 Å². The van der Waals surface area contributed by atoms with Gasteiger partial charge in [0.15, 0.2) is 6.10 Å². The molecule has 1 aliphatic heterocycles. The summed E-state index contributed by atoms with van der Waals surface area (Å²) in [5, 5.41) is 0. The van der Waals surface area contributed by atoms with Crippen LogP contribution in [0.1, 0.15) is 13.8 Å². The lowest BCUT2D eigenvalue weighted by Gasteiger charge is -2.42. The lowest BCUT2D eigenvalue weighted by molar-refractivity contribution is -0.205. The zero-order valence-electron chi connectivity index (χ0n) is 11.2. The number of nitrogens with zero attached hydrogens (tertiary/aromatic N) is 1. The molecule has 0 bridgehead atoms. The number of esters is 1. The molecule has 1 heterocycles. The number of alkyl halides is 4. The molecular formula is C11H15F4NO4. The van der Waals surface area contributed by atoms with Gasteiger partial charge in [-0.3, -0.25) is 4.79 Å². The Kier molecular flexibility index (Phi) is 4.62. The number of morpholine rings is 1. The first-order chi connectivity index (χ1) is 8.98. The van der Waals surface area contributed by atoms with Crippen molar-refractivity contribution in [3.05, 3.63) is 0 Å². The van der Waals surface area contributed by atoms with Crippen molar-refractivity contribution in [1.82, 2.24) is 4.90 Å². The third kappa shape index (κ3) is 3.81. The largest absolute Gasteiger partial charge is 0.467 e. The van der Waals surface area contributed by atoms with Crippen LogP contribution in [0, 0.1) is 0 Å². The fourth-order valence-corrected chi connectivity index (χ4v) is 1.91. The van der Waals surface area contributed by atoms with E-state index in [-0.39, 0.29) is 6.54 Å². The van der Waals surface area contributed by atoms with Gasteiger partial charge in [-0.25, -0.2) is 9.18 Å². The highest BCUT2D eigenvalue weighted by atomic mass is 19.4. The normalized spacial score (nSPS) is 24.1. The number of hydrogen-bond acceptors (Lipinski definition) is 4. The van der Waals surface area contributed by atoms with Gasteiger partial charge in [-0.1, -0.05) is 0 Å². The van der Waals surface area contributed by atoms with Crippen LogP contribution in [0.15, 0.2) is 0 Å². The molecule has 0 aromatic heterocycles. The van der Waals surface area contributed by atoms with E-state index in [0.717, 1.165) is 7.11 Å². The fourth-order valence-electron chi connectivity index (χ4n) is 1.91. The van der Waals surface area contributed by atoms with Gasteiger partial charge >= 0.3 is 12.1 Å². The van der Waals surface area contributed by atoms with Crippen molar-refractivity contribution in [3.63, 3.8) is 0 Å². The van der Waals surface area contributed by atoms with Gasteiger partial charge in [0.05, 0.1) is 19.3 Å². The first-order valence-corrected chi connectivity index (χ1v) is 5.73. The first kappa shape index (κ1) is 16.7. The Balaban J connectivity index is 2.89. The number of carbonyl (C=O) groups excluding carboxylic acids is 2. The molecule has 1 aliphatic rings. The Hall–Kier alpha value is -1.38. The maximum Gasteiger partial charge on any atom is 0.428 e. The predicted molar refractivity (Wildman–Crippen MR) is 58.5 cm³/mol. The van der Waals surface area contributed by atoms with Gasteiger partial charge < -0.3 is 14.4 Å². The number of hydrogen-bond donors (Lipinski definition) is 0. The van der Waals surface area contributed by atoms with Crippen LogP contribution in [0.2, 0.25) is 0 Å². The van der Waals surface area contributed by atoms with Gasteiger partial charge in [-0.15, -0.1) is 0 Å². The summed E-state index contributed by atoms with van der Waals surface area (Å²) in [6.07, 6.45) is -10.1. The summed E-state index contributed by atoms with van der Waals surface area (Å²) in [6, 6.07) is 0. The van der Waals surface area contributed by atoms with Gasteiger partial charge in [0, 0.05) is 6.54 Å². The molecule has 2 atom stereocenters. The van der Waals surface area contributed by atoms with Crippen LogP contribution >= 0.6 is 0 Å². The van der Waals surface area contributed by atoms with Crippen LogP contribution in [0.5, 0.6) is 0 Å². The number of methoxy groups -OCH3 is 1. The molecule has 0 saturated carbocycles. The van der Waals surface area contributed by atoms with Crippen molar-refractivity contribution in [1.29, 1.82) is 0 Å². The third-order valence-corrected chi connectivity index (χ3v) is 2.70. The van der Waals surface area contributed by atoms with E-state index < -0.39 is 42.5 Å². The van der Waals surface area contributed by atoms with Crippen molar-refractivity contribution >= 4 is 11.9 Å².